The third-order valence-electron chi connectivity index (χ3n) is 12.1. The predicted octanol–water partition coefficient (Wildman–Crippen LogP) is 5.97. The molecule has 4 aromatic rings. The Balaban J connectivity index is 1.02. The van der Waals surface area contributed by atoms with E-state index in [9.17, 15) is 19.2 Å². The van der Waals surface area contributed by atoms with Crippen LogP contribution in [0.25, 0.3) is 33.6 Å². The summed E-state index contributed by atoms with van der Waals surface area (Å²) in [5, 5.41) is 5.31. The highest BCUT2D eigenvalue weighted by molar-refractivity contribution is 5.88. The van der Waals surface area contributed by atoms with Gasteiger partial charge in [0.05, 0.1) is 50.4 Å². The number of aromatic amines is 2. The van der Waals surface area contributed by atoms with Crippen molar-refractivity contribution in [2.45, 2.75) is 82.3 Å². The Morgan fingerprint density at radius 3 is 1.78 bits per heavy atom. The summed E-state index contributed by atoms with van der Waals surface area (Å²) in [4.78, 5) is 67.2. The van der Waals surface area contributed by atoms with Crippen LogP contribution in [0.2, 0.25) is 0 Å². The number of nitrogens with one attached hydrogen (secondary N) is 4. The van der Waals surface area contributed by atoms with Crippen LogP contribution in [0, 0.1) is 5.41 Å². The first-order chi connectivity index (χ1) is 28.0. The maximum absolute atomic E-state index is 13.9. The predicted molar refractivity (Wildman–Crippen MR) is 215 cm³/mol. The number of likely N-dealkylation sites (tertiary alicyclic amines) is 2. The minimum absolute atomic E-state index is 0.0795. The smallest absolute Gasteiger partial charge is 0.407 e. The molecule has 4 N–H and O–H groups in total. The van der Waals surface area contributed by atoms with E-state index in [0.717, 1.165) is 71.4 Å². The Bertz CT molecular complexity index is 2090. The van der Waals surface area contributed by atoms with Gasteiger partial charge >= 0.3 is 12.2 Å². The van der Waals surface area contributed by atoms with Crippen molar-refractivity contribution in [2.75, 3.05) is 41.5 Å². The fourth-order valence-corrected chi connectivity index (χ4v) is 8.30. The molecule has 0 unspecified atom stereocenters. The first-order valence-corrected chi connectivity index (χ1v) is 19.8. The quantitative estimate of drug-likeness (QED) is 0.127. The summed E-state index contributed by atoms with van der Waals surface area (Å²) >= 11 is 0. The Kier molecular flexibility index (Phi) is 11.9. The number of hydrogen-bond acceptors (Lipinski definition) is 9. The number of nitrogens with zero attached hydrogens (tertiary/aromatic N) is 3. The van der Waals surface area contributed by atoms with E-state index in [0.29, 0.717) is 18.9 Å². The molecule has 2 aromatic carbocycles. The fourth-order valence-electron chi connectivity index (χ4n) is 8.30. The molecule has 2 aliphatic heterocycles. The molecule has 4 heterocycles. The molecule has 15 heteroatoms. The second-order valence-corrected chi connectivity index (χ2v) is 15.6. The van der Waals surface area contributed by atoms with Crippen LogP contribution in [-0.2, 0) is 28.5 Å². The normalized spacial score (nSPS) is 20.3. The molecular formula is C43H53N7O8. The zero-order valence-electron chi connectivity index (χ0n) is 33.9. The molecule has 0 bridgehead atoms. The minimum Gasteiger partial charge on any atom is -0.453 e. The van der Waals surface area contributed by atoms with Crippen LogP contribution < -0.4 is 10.6 Å². The maximum atomic E-state index is 13.9. The number of rotatable bonds is 13. The Morgan fingerprint density at radius 2 is 1.24 bits per heavy atom. The number of ether oxygens (including phenoxy) is 4. The highest BCUT2D eigenvalue weighted by atomic mass is 16.5. The number of methoxy groups -OCH3 is 4. The SMILES string of the molecule is COC(=O)N[C@H](C(=O)N1CCC[C@H]1c1ccc(-c2ccc(-c3ccc(-c4cnc([C@@H]5CC6(CC6)CN5C(=O)[C@@H](NC(=O)OC)[C@@H](C)OC)[nH]4)cc3)cc2)[nH]1)[C@@H](C)OC. The van der Waals surface area contributed by atoms with Gasteiger partial charge in [-0.25, -0.2) is 14.6 Å². The van der Waals surface area contributed by atoms with Crippen molar-refractivity contribution in [3.05, 3.63) is 78.4 Å². The number of H-pyrrole nitrogens is 2. The van der Waals surface area contributed by atoms with Crippen molar-refractivity contribution in [1.82, 2.24) is 35.4 Å². The molecule has 308 valence electrons. The summed E-state index contributed by atoms with van der Waals surface area (Å²) in [6.07, 6.45) is 3.92. The molecule has 6 atom stereocenters. The van der Waals surface area contributed by atoms with E-state index in [4.69, 9.17) is 23.9 Å². The van der Waals surface area contributed by atoms with Gasteiger partial charge in [0, 0.05) is 38.7 Å². The summed E-state index contributed by atoms with van der Waals surface area (Å²) in [6.45, 7) is 4.69. The van der Waals surface area contributed by atoms with Crippen LogP contribution in [0.4, 0.5) is 9.59 Å². The van der Waals surface area contributed by atoms with Gasteiger partial charge in [-0.15, -0.1) is 0 Å². The number of amides is 4. The van der Waals surface area contributed by atoms with Crippen molar-refractivity contribution in [1.29, 1.82) is 0 Å². The van der Waals surface area contributed by atoms with E-state index >= 15 is 0 Å². The summed E-state index contributed by atoms with van der Waals surface area (Å²) < 4.78 is 20.4. The van der Waals surface area contributed by atoms with Crippen molar-refractivity contribution in [2.24, 2.45) is 5.41 Å². The second-order valence-electron chi connectivity index (χ2n) is 15.6. The van der Waals surface area contributed by atoms with Crippen LogP contribution in [0.1, 0.15) is 69.6 Å². The standard InChI is InChI=1S/C43H53N7O8/c1-25(55-3)36(47-41(53)57-5)39(51)49-21-7-8-34(49)32-18-17-31(45-32)29-13-9-27(10-14-29)28-11-15-30(16-12-28)33-23-44-38(46-33)35-22-43(19-20-43)24-50(35)40(52)37(26(2)56-4)48-42(54)58-6/h9-18,23,25-26,34-37,45H,7-8,19-22,24H2,1-6H3,(H,44,46)(H,47,53)(H,48,54)/t25-,26-,34+,35+,36+,37+/m1/s1. The average molecular weight is 796 g/mol. The van der Waals surface area contributed by atoms with Gasteiger partial charge in [0.2, 0.25) is 11.8 Å². The third kappa shape index (κ3) is 8.32. The number of hydrogen-bond donors (Lipinski definition) is 4. The van der Waals surface area contributed by atoms with Gasteiger partial charge in [-0.1, -0.05) is 48.5 Å². The summed E-state index contributed by atoms with van der Waals surface area (Å²) in [6, 6.07) is 18.5. The lowest BCUT2D eigenvalue weighted by molar-refractivity contribution is -0.138. The molecule has 1 aliphatic carbocycles. The lowest BCUT2D eigenvalue weighted by Gasteiger charge is -2.31. The second kappa shape index (κ2) is 17.0. The van der Waals surface area contributed by atoms with Crippen LogP contribution in [-0.4, -0.2) is 115 Å². The van der Waals surface area contributed by atoms with Crippen molar-refractivity contribution in [3.63, 3.8) is 0 Å². The molecule has 3 aliphatic rings. The highest BCUT2D eigenvalue weighted by Gasteiger charge is 2.55. The molecular weight excluding hydrogens is 743 g/mol. The molecule has 2 aromatic heterocycles. The van der Waals surface area contributed by atoms with E-state index in [2.05, 4.69) is 69.1 Å². The molecule has 15 nitrogen and oxygen atoms in total. The largest absolute Gasteiger partial charge is 0.453 e. The fraction of sp³-hybridized carbons (Fsp3) is 0.465. The van der Waals surface area contributed by atoms with Crippen LogP contribution in [0.3, 0.4) is 0 Å². The topological polar surface area (TPSA) is 180 Å². The molecule has 1 spiro atoms. The van der Waals surface area contributed by atoms with Crippen molar-refractivity contribution in [3.8, 4) is 33.6 Å². The number of carbonyl (C=O) groups excluding carboxylic acids is 4. The Labute approximate surface area is 338 Å². The zero-order chi connectivity index (χ0) is 41.1. The minimum atomic E-state index is -0.895. The number of carbonyl (C=O) groups is 4. The third-order valence-corrected chi connectivity index (χ3v) is 12.1. The maximum Gasteiger partial charge on any atom is 0.407 e. The van der Waals surface area contributed by atoms with Gasteiger partial charge < -0.3 is 49.3 Å². The van der Waals surface area contributed by atoms with Gasteiger partial charge in [-0.05, 0) is 85.8 Å². The highest BCUT2D eigenvalue weighted by Crippen LogP contribution is 2.58. The van der Waals surface area contributed by atoms with Gasteiger partial charge in [-0.2, -0.15) is 0 Å². The molecule has 58 heavy (non-hydrogen) atoms. The molecule has 3 fully saturated rings. The summed E-state index contributed by atoms with van der Waals surface area (Å²) in [5.74, 6) is 0.287. The zero-order valence-corrected chi connectivity index (χ0v) is 33.9. The van der Waals surface area contributed by atoms with Gasteiger partial charge in [-0.3, -0.25) is 9.59 Å². The summed E-state index contributed by atoms with van der Waals surface area (Å²) in [7, 11) is 5.56. The van der Waals surface area contributed by atoms with Crippen LogP contribution in [0.15, 0.2) is 66.9 Å². The van der Waals surface area contributed by atoms with E-state index in [1.54, 1.807) is 13.8 Å². The van der Waals surface area contributed by atoms with Gasteiger partial charge in [0.25, 0.3) is 0 Å². The monoisotopic (exact) mass is 795 g/mol. The lowest BCUT2D eigenvalue weighted by atomic mass is 10.0. The Hall–Kier alpha value is -5.67. The van der Waals surface area contributed by atoms with Gasteiger partial charge in [0.15, 0.2) is 0 Å². The molecule has 4 amide bonds. The number of aromatic nitrogens is 3. The average Bonchev–Trinajstić information content (AvgIpc) is 3.79. The van der Waals surface area contributed by atoms with E-state index in [1.807, 2.05) is 28.1 Å². The summed E-state index contributed by atoms with van der Waals surface area (Å²) in [5.41, 5.74) is 6.91. The molecule has 1 saturated carbocycles. The van der Waals surface area contributed by atoms with Gasteiger partial charge in [0.1, 0.15) is 17.9 Å². The molecule has 2 saturated heterocycles. The molecule has 7 rings (SSSR count). The van der Waals surface area contributed by atoms with E-state index in [-0.39, 0.29) is 29.3 Å². The van der Waals surface area contributed by atoms with E-state index in [1.165, 1.54) is 28.4 Å². The van der Waals surface area contributed by atoms with E-state index < -0.39 is 36.5 Å². The van der Waals surface area contributed by atoms with Crippen LogP contribution >= 0.6 is 0 Å². The number of benzene rings is 2. The Morgan fingerprint density at radius 1 is 0.707 bits per heavy atom. The first-order valence-electron chi connectivity index (χ1n) is 19.8. The first kappa shape index (κ1) is 40.5. The molecule has 0 radical (unpaired) electrons. The van der Waals surface area contributed by atoms with Crippen molar-refractivity contribution < 1.29 is 38.1 Å². The van der Waals surface area contributed by atoms with Crippen LogP contribution in [0.5, 0.6) is 0 Å². The number of alkyl carbamates (subject to hydrolysis) is 2. The van der Waals surface area contributed by atoms with Crippen molar-refractivity contribution >= 4 is 24.0 Å². The lowest BCUT2D eigenvalue weighted by Crippen LogP contribution is -2.54. The number of imidazole rings is 1.